The Morgan fingerprint density at radius 3 is 1.89 bits per heavy atom. The second kappa shape index (κ2) is 40.1. The third-order valence-corrected chi connectivity index (χ3v) is 18.3. The van der Waals surface area contributed by atoms with E-state index in [0.29, 0.717) is 48.9 Å². The third kappa shape index (κ3) is 24.4. The summed E-state index contributed by atoms with van der Waals surface area (Å²) in [5.74, 6) is -6.00. The number of nitrogens with zero attached hydrogens (tertiary/aromatic N) is 4. The molecule has 12 amide bonds. The lowest BCUT2D eigenvalue weighted by Gasteiger charge is -2.41. The Bertz CT molecular complexity index is 3000. The van der Waals surface area contributed by atoms with Gasteiger partial charge < -0.3 is 71.7 Å². The van der Waals surface area contributed by atoms with Gasteiger partial charge in [-0.15, -0.1) is 0 Å². The molecule has 0 aliphatic carbocycles. The first-order valence-electron chi connectivity index (χ1n) is 34.0. The van der Waals surface area contributed by atoms with Crippen LogP contribution in [0.5, 0.6) is 0 Å². The predicted octanol–water partition coefficient (Wildman–Crippen LogP) is 5.07. The molecule has 1 fully saturated rings. The second-order valence-electron chi connectivity index (χ2n) is 26.9. The maximum atomic E-state index is 14.8. The van der Waals surface area contributed by atoms with E-state index >= 15 is 0 Å². The van der Waals surface area contributed by atoms with Gasteiger partial charge in [0, 0.05) is 72.3 Å². The summed E-state index contributed by atoms with van der Waals surface area (Å²) in [4.78, 5) is 153. The normalized spacial score (nSPS) is 18.0. The number of alkyl carbamates (subject to hydrolysis) is 1. The van der Waals surface area contributed by atoms with E-state index in [4.69, 9.17) is 24.7 Å². The zero-order valence-electron chi connectivity index (χ0n) is 60.1. The molecule has 0 bridgehead atoms. The van der Waals surface area contributed by atoms with Crippen LogP contribution in [-0.2, 0) is 68.7 Å². The van der Waals surface area contributed by atoms with Crippen molar-refractivity contribution in [3.63, 3.8) is 0 Å². The van der Waals surface area contributed by atoms with Crippen LogP contribution in [0.1, 0.15) is 144 Å². The van der Waals surface area contributed by atoms with Gasteiger partial charge in [0.2, 0.25) is 41.4 Å². The molecular weight excluding hydrogens is 1270 g/mol. The fourth-order valence-electron chi connectivity index (χ4n) is 12.6. The van der Waals surface area contributed by atoms with Crippen molar-refractivity contribution in [3.8, 4) is 0 Å². The molecule has 546 valence electrons. The van der Waals surface area contributed by atoms with Gasteiger partial charge in [-0.1, -0.05) is 99.4 Å². The van der Waals surface area contributed by atoms with Gasteiger partial charge in [0.15, 0.2) is 0 Å². The molecule has 0 aromatic heterocycles. The molecule has 0 spiro atoms. The number of unbranched alkanes of at least 4 members (excludes halogenated alkanes) is 2. The molecule has 28 heteroatoms. The number of anilines is 1. The van der Waals surface area contributed by atoms with E-state index in [2.05, 4.69) is 37.2 Å². The van der Waals surface area contributed by atoms with Crippen LogP contribution in [0.4, 0.5) is 19.7 Å². The Morgan fingerprint density at radius 2 is 1.34 bits per heavy atom. The number of primary amides is 1. The molecule has 2 aromatic carbocycles. The van der Waals surface area contributed by atoms with Gasteiger partial charge in [0.25, 0.3) is 11.8 Å². The number of carbonyl (C=O) groups excluding carboxylic acids is 11. The highest BCUT2D eigenvalue weighted by Crippen LogP contribution is 2.32. The lowest BCUT2D eigenvalue weighted by atomic mass is 9.89. The van der Waals surface area contributed by atoms with Crippen LogP contribution in [0.25, 0.3) is 0 Å². The number of hydrogen-bond donors (Lipinski definition) is 8. The van der Waals surface area contributed by atoms with Gasteiger partial charge >= 0.3 is 12.1 Å². The van der Waals surface area contributed by atoms with Crippen LogP contribution in [0.3, 0.4) is 0 Å². The standard InChI is InChI=1S/C70H109FN12O15/c1-17-43(8)62(81(13)68(92)59(41(4)5)78-67(91)61(42(6)7)80(11)12)53(96-15)37-57(87)83-38-50(95-14)36-52(83)63(97-16)44(9)64(88)74-45(10)60(47-26-28-48(71)29-27-47)79-70(94)98-39-46-24-30-49(31-25-46)75-65(89)51(22-21-34-73-69(72)93)76-66(90)58(40(2)3)77-54(84)23-19-18-20-35-82-55(85)32-33-56(82)86/h24-33,40-45,50-53,58-63H,17-23,34-39H2,1-16H3,(H,74,88)(H,75,89)(H,76,90)(H,77,84)(H,78,91)(H,79,94)(H3,72,73,93)/t43-,44+,45+,50+,51-,52-,53+,58-,59-,60?,61-,62-,63+/m0/s1. The molecule has 2 aromatic rings. The zero-order chi connectivity index (χ0) is 73.2. The fourth-order valence-corrected chi connectivity index (χ4v) is 12.6. The summed E-state index contributed by atoms with van der Waals surface area (Å²) < 4.78 is 38.0. The summed E-state index contributed by atoms with van der Waals surface area (Å²) in [5.41, 5.74) is 6.51. The topological polar surface area (TPSA) is 348 Å². The number of likely N-dealkylation sites (tertiary alicyclic amines) is 1. The number of ether oxygens (including phenoxy) is 4. The summed E-state index contributed by atoms with van der Waals surface area (Å²) in [6.07, 6.45) is 2.16. The zero-order valence-corrected chi connectivity index (χ0v) is 60.1. The quantitative estimate of drug-likeness (QED) is 0.0319. The third-order valence-electron chi connectivity index (χ3n) is 18.3. The van der Waals surface area contributed by atoms with E-state index in [1.165, 1.54) is 50.6 Å². The highest BCUT2D eigenvalue weighted by atomic mass is 19.1. The Balaban J connectivity index is 1.43. The SMILES string of the molecule is CC[C@H](C)[C@@H]([C@@H](CC(=O)N1C[C@H](OC)C[C@H]1[C@H](OC)[C@@H](C)C(=O)N[C@H](C)C(NC(=O)OCc1ccc(NC(=O)[C@H](CCCNC(N)=O)NC(=O)[C@@H](NC(=O)CCCCCN2C(=O)C=CC2=O)C(C)C)cc1)c1ccc(F)cc1)OC)N(C)C(=O)[C@@H](NC(=O)[C@H](C(C)C)N(C)C)C(C)C. The minimum atomic E-state index is -1.13. The Morgan fingerprint density at radius 1 is 0.704 bits per heavy atom. The summed E-state index contributed by atoms with van der Waals surface area (Å²) >= 11 is 0. The van der Waals surface area contributed by atoms with E-state index < -0.39 is 114 Å². The smallest absolute Gasteiger partial charge is 0.408 e. The Kier molecular flexibility index (Phi) is 33.7. The van der Waals surface area contributed by atoms with Crippen LogP contribution in [0.15, 0.2) is 60.7 Å². The molecule has 2 aliphatic heterocycles. The van der Waals surface area contributed by atoms with Crippen molar-refractivity contribution in [2.45, 2.75) is 200 Å². The molecule has 4 rings (SSSR count). The van der Waals surface area contributed by atoms with Crippen molar-refractivity contribution in [2.75, 3.05) is 67.4 Å². The maximum absolute atomic E-state index is 14.8. The number of benzene rings is 2. The van der Waals surface area contributed by atoms with Crippen molar-refractivity contribution >= 4 is 71.0 Å². The minimum Gasteiger partial charge on any atom is -0.445 e. The number of hydrogen-bond acceptors (Lipinski definition) is 16. The first-order valence-corrected chi connectivity index (χ1v) is 34.0. The number of amides is 12. The molecule has 2 aliphatic rings. The molecule has 2 heterocycles. The number of likely N-dealkylation sites (N-methyl/N-ethyl adjacent to an activating group) is 2. The maximum Gasteiger partial charge on any atom is 0.408 e. The van der Waals surface area contributed by atoms with Crippen LogP contribution in [0.2, 0.25) is 0 Å². The Hall–Kier alpha value is -8.08. The first kappa shape index (κ1) is 82.3. The van der Waals surface area contributed by atoms with Crippen LogP contribution in [0, 0.1) is 35.4 Å². The van der Waals surface area contributed by atoms with Crippen molar-refractivity contribution in [2.24, 2.45) is 35.3 Å². The lowest BCUT2D eigenvalue weighted by molar-refractivity contribution is -0.148. The van der Waals surface area contributed by atoms with Crippen molar-refractivity contribution in [1.82, 2.24) is 51.5 Å². The summed E-state index contributed by atoms with van der Waals surface area (Å²) in [7, 11) is 9.82. The molecule has 13 atom stereocenters. The molecular formula is C70H109FN12O15. The van der Waals surface area contributed by atoms with E-state index in [-0.39, 0.29) is 105 Å². The fraction of sp³-hybridized carbons (Fsp3) is 0.643. The van der Waals surface area contributed by atoms with Gasteiger partial charge in [0.1, 0.15) is 30.5 Å². The number of urea groups is 1. The molecule has 1 saturated heterocycles. The lowest BCUT2D eigenvalue weighted by Crippen LogP contribution is -2.59. The number of nitrogens with one attached hydrogen (secondary N) is 7. The number of rotatable bonds is 40. The van der Waals surface area contributed by atoms with E-state index in [9.17, 15) is 57.1 Å². The van der Waals surface area contributed by atoms with Gasteiger partial charge in [-0.2, -0.15) is 0 Å². The second-order valence-corrected chi connectivity index (χ2v) is 26.9. The van der Waals surface area contributed by atoms with E-state index in [1.807, 2.05) is 60.5 Å². The van der Waals surface area contributed by atoms with E-state index in [1.54, 1.807) is 75.9 Å². The van der Waals surface area contributed by atoms with Crippen LogP contribution < -0.4 is 43.0 Å². The highest BCUT2D eigenvalue weighted by Gasteiger charge is 2.46. The van der Waals surface area contributed by atoms with Gasteiger partial charge in [0.05, 0.1) is 60.9 Å². The molecule has 0 radical (unpaired) electrons. The number of halogens is 1. The predicted molar refractivity (Wildman–Crippen MR) is 366 cm³/mol. The molecule has 1 unspecified atom stereocenters. The van der Waals surface area contributed by atoms with Gasteiger partial charge in [-0.25, -0.2) is 14.0 Å². The first-order chi connectivity index (χ1) is 46.3. The summed E-state index contributed by atoms with van der Waals surface area (Å²) in [5, 5.41) is 19.6. The van der Waals surface area contributed by atoms with Crippen molar-refractivity contribution < 1.29 is 76.1 Å². The number of methoxy groups -OCH3 is 3. The number of imide groups is 1. The average molecular weight is 1380 g/mol. The van der Waals surface area contributed by atoms with E-state index in [0.717, 1.165) is 4.90 Å². The largest absolute Gasteiger partial charge is 0.445 e. The molecule has 0 saturated carbocycles. The summed E-state index contributed by atoms with van der Waals surface area (Å²) in [6, 6.07) is 4.40. The number of nitrogens with two attached hydrogens (primary N) is 1. The Labute approximate surface area is 577 Å². The average Bonchev–Trinajstić information content (AvgIpc) is 1.42. The highest BCUT2D eigenvalue weighted by molar-refractivity contribution is 6.12. The minimum absolute atomic E-state index is 0.0250. The molecule has 27 nitrogen and oxygen atoms in total. The number of carbonyl (C=O) groups is 11. The van der Waals surface area contributed by atoms with Crippen LogP contribution in [-0.4, -0.2) is 208 Å². The van der Waals surface area contributed by atoms with Crippen molar-refractivity contribution in [1.29, 1.82) is 0 Å². The van der Waals surface area contributed by atoms with Gasteiger partial charge in [-0.05, 0) is 112 Å². The van der Waals surface area contributed by atoms with Crippen LogP contribution >= 0.6 is 0 Å². The monoisotopic (exact) mass is 1380 g/mol. The molecule has 9 N–H and O–H groups in total. The van der Waals surface area contributed by atoms with Crippen molar-refractivity contribution in [3.05, 3.63) is 77.6 Å². The molecule has 98 heavy (non-hydrogen) atoms. The summed E-state index contributed by atoms with van der Waals surface area (Å²) in [6.45, 7) is 18.7. The van der Waals surface area contributed by atoms with Gasteiger partial charge in [-0.3, -0.25) is 53.0 Å².